The number of nitrogens with one attached hydrogen (secondary N) is 1. The molecule has 100 valence electrons. The van der Waals surface area contributed by atoms with E-state index in [9.17, 15) is 9.59 Å². The molecule has 0 aromatic heterocycles. The van der Waals surface area contributed by atoms with Crippen molar-refractivity contribution in [2.45, 2.75) is 32.2 Å². The molecular weight excluding hydrogens is 226 g/mol. The first-order chi connectivity index (χ1) is 7.96. The van der Waals surface area contributed by atoms with Gasteiger partial charge >= 0.3 is 5.97 Å². The van der Waals surface area contributed by atoms with E-state index >= 15 is 0 Å². The van der Waals surface area contributed by atoms with E-state index in [2.05, 4.69) is 5.32 Å². The Morgan fingerprint density at radius 1 is 1.41 bits per heavy atom. The highest BCUT2D eigenvalue weighted by atomic mass is 16.5. The van der Waals surface area contributed by atoms with Crippen LogP contribution in [0.5, 0.6) is 0 Å². The Kier molecular flexibility index (Phi) is 7.49. The minimum absolute atomic E-state index is 0.0942. The maximum Gasteiger partial charge on any atom is 0.331 e. The zero-order chi connectivity index (χ0) is 13.3. The molecule has 6 heteroatoms. The minimum atomic E-state index is -1.42. The highest BCUT2D eigenvalue weighted by Gasteiger charge is 2.34. The van der Waals surface area contributed by atoms with Gasteiger partial charge < -0.3 is 19.9 Å². The van der Waals surface area contributed by atoms with Gasteiger partial charge in [-0.3, -0.25) is 4.79 Å². The van der Waals surface area contributed by atoms with E-state index in [-0.39, 0.29) is 13.2 Å². The monoisotopic (exact) mass is 247 g/mol. The first kappa shape index (κ1) is 15.9. The van der Waals surface area contributed by atoms with Crippen LogP contribution in [0.3, 0.4) is 0 Å². The maximum atomic E-state index is 11.4. The first-order valence-electron chi connectivity index (χ1n) is 5.57. The number of ether oxygens (including phenoxy) is 2. The van der Waals surface area contributed by atoms with Gasteiger partial charge in [0.25, 0.3) is 0 Å². The lowest BCUT2D eigenvalue weighted by Gasteiger charge is -2.25. The third-order valence-corrected chi connectivity index (χ3v) is 2.20. The Morgan fingerprint density at radius 2 is 2.06 bits per heavy atom. The summed E-state index contributed by atoms with van der Waals surface area (Å²) < 4.78 is 9.87. The standard InChI is InChI=1S/C11H21NO5/c1-4-5-6-17-7-9(13)12-11(2,8-16-3)10(14)15/h4-8H2,1-3H3,(H,12,13)(H,14,15). The molecule has 0 saturated carbocycles. The van der Waals surface area contributed by atoms with Gasteiger partial charge in [-0.1, -0.05) is 13.3 Å². The zero-order valence-corrected chi connectivity index (χ0v) is 10.6. The number of carbonyl (C=O) groups is 2. The molecule has 0 radical (unpaired) electrons. The van der Waals surface area contributed by atoms with Gasteiger partial charge in [0, 0.05) is 13.7 Å². The number of carboxylic acids is 1. The van der Waals surface area contributed by atoms with Gasteiger partial charge in [-0.2, -0.15) is 0 Å². The average Bonchev–Trinajstić information content (AvgIpc) is 2.24. The van der Waals surface area contributed by atoms with Gasteiger partial charge in [0.15, 0.2) is 5.54 Å². The number of rotatable bonds is 9. The summed E-state index contributed by atoms with van der Waals surface area (Å²) in [6, 6.07) is 0. The molecule has 1 atom stereocenters. The molecule has 2 N–H and O–H groups in total. The molecule has 6 nitrogen and oxygen atoms in total. The molecular formula is C11H21NO5. The Labute approximate surface area is 101 Å². The van der Waals surface area contributed by atoms with Crippen LogP contribution in [0.4, 0.5) is 0 Å². The van der Waals surface area contributed by atoms with Crippen LogP contribution < -0.4 is 5.32 Å². The lowest BCUT2D eigenvalue weighted by molar-refractivity contribution is -0.150. The van der Waals surface area contributed by atoms with Crippen molar-refractivity contribution in [3.8, 4) is 0 Å². The second-order valence-corrected chi connectivity index (χ2v) is 4.02. The van der Waals surface area contributed by atoms with Gasteiger partial charge in [0.1, 0.15) is 6.61 Å². The van der Waals surface area contributed by atoms with E-state index in [4.69, 9.17) is 14.6 Å². The molecule has 0 fully saturated rings. The summed E-state index contributed by atoms with van der Waals surface area (Å²) in [5.41, 5.74) is -1.42. The maximum absolute atomic E-state index is 11.4. The Morgan fingerprint density at radius 3 is 2.53 bits per heavy atom. The van der Waals surface area contributed by atoms with E-state index < -0.39 is 17.4 Å². The Hall–Kier alpha value is -1.14. The van der Waals surface area contributed by atoms with Crippen molar-refractivity contribution in [2.75, 3.05) is 26.9 Å². The Balaban J connectivity index is 4.09. The number of carbonyl (C=O) groups excluding carboxylic acids is 1. The molecule has 0 aliphatic carbocycles. The number of carboxylic acid groups (broad SMARTS) is 1. The lowest BCUT2D eigenvalue weighted by atomic mass is 10.0. The van der Waals surface area contributed by atoms with Gasteiger partial charge in [-0.15, -0.1) is 0 Å². The van der Waals surface area contributed by atoms with Gasteiger partial charge in [0.05, 0.1) is 6.61 Å². The molecule has 0 aromatic rings. The lowest BCUT2D eigenvalue weighted by Crippen LogP contribution is -2.56. The number of hydrogen-bond donors (Lipinski definition) is 2. The number of methoxy groups -OCH3 is 1. The Bertz CT molecular complexity index is 256. The van der Waals surface area contributed by atoms with Crippen LogP contribution in [0.25, 0.3) is 0 Å². The van der Waals surface area contributed by atoms with Crippen LogP contribution in [-0.4, -0.2) is 49.5 Å². The zero-order valence-electron chi connectivity index (χ0n) is 10.6. The van der Waals surface area contributed by atoms with Gasteiger partial charge in [-0.25, -0.2) is 4.79 Å². The fourth-order valence-electron chi connectivity index (χ4n) is 1.20. The van der Waals surface area contributed by atoms with Crippen LogP contribution in [0.15, 0.2) is 0 Å². The van der Waals surface area contributed by atoms with Gasteiger partial charge in [0.2, 0.25) is 5.91 Å². The van der Waals surface area contributed by atoms with E-state index in [1.54, 1.807) is 0 Å². The van der Waals surface area contributed by atoms with Crippen molar-refractivity contribution in [1.29, 1.82) is 0 Å². The highest BCUT2D eigenvalue weighted by molar-refractivity contribution is 5.87. The summed E-state index contributed by atoms with van der Waals surface area (Å²) in [6.07, 6.45) is 1.86. The molecule has 0 bridgehead atoms. The topological polar surface area (TPSA) is 84.9 Å². The third-order valence-electron chi connectivity index (χ3n) is 2.20. The van der Waals surface area contributed by atoms with E-state index in [0.29, 0.717) is 6.61 Å². The summed E-state index contributed by atoms with van der Waals surface area (Å²) in [4.78, 5) is 22.4. The summed E-state index contributed by atoms with van der Waals surface area (Å²) in [7, 11) is 1.38. The molecule has 0 aliphatic rings. The van der Waals surface area contributed by atoms with Crippen molar-refractivity contribution < 1.29 is 24.2 Å². The minimum Gasteiger partial charge on any atom is -0.479 e. The van der Waals surface area contributed by atoms with Crippen LogP contribution in [0.2, 0.25) is 0 Å². The molecule has 0 rings (SSSR count). The normalized spacial score (nSPS) is 14.1. The van der Waals surface area contributed by atoms with Crippen LogP contribution >= 0.6 is 0 Å². The van der Waals surface area contributed by atoms with Crippen molar-refractivity contribution in [3.05, 3.63) is 0 Å². The van der Waals surface area contributed by atoms with Crippen molar-refractivity contribution in [2.24, 2.45) is 0 Å². The molecule has 0 aliphatic heterocycles. The SMILES string of the molecule is CCCCOCC(=O)NC(C)(COC)C(=O)O. The molecule has 17 heavy (non-hydrogen) atoms. The first-order valence-corrected chi connectivity index (χ1v) is 5.57. The molecule has 0 saturated heterocycles. The molecule has 0 aromatic carbocycles. The number of amides is 1. The average molecular weight is 247 g/mol. The van der Waals surface area contributed by atoms with E-state index in [1.165, 1.54) is 14.0 Å². The highest BCUT2D eigenvalue weighted by Crippen LogP contribution is 2.04. The van der Waals surface area contributed by atoms with Crippen molar-refractivity contribution in [1.82, 2.24) is 5.32 Å². The third kappa shape index (κ3) is 6.23. The molecule has 0 heterocycles. The summed E-state index contributed by atoms with van der Waals surface area (Å²) >= 11 is 0. The van der Waals surface area contributed by atoms with Gasteiger partial charge in [-0.05, 0) is 13.3 Å². The van der Waals surface area contributed by atoms with Crippen molar-refractivity contribution in [3.63, 3.8) is 0 Å². The van der Waals surface area contributed by atoms with Crippen LogP contribution in [0, 0.1) is 0 Å². The predicted octanol–water partition coefficient (Wildman–Crippen LogP) is 0.409. The quantitative estimate of drug-likeness (QED) is 0.576. The summed E-state index contributed by atoms with van der Waals surface area (Å²) in [6.45, 7) is 3.68. The van der Waals surface area contributed by atoms with Crippen molar-refractivity contribution >= 4 is 11.9 Å². The summed E-state index contributed by atoms with van der Waals surface area (Å²) in [5, 5.41) is 11.4. The second-order valence-electron chi connectivity index (χ2n) is 4.02. The van der Waals surface area contributed by atoms with Crippen LogP contribution in [-0.2, 0) is 19.1 Å². The fourth-order valence-corrected chi connectivity index (χ4v) is 1.20. The number of hydrogen-bond acceptors (Lipinski definition) is 4. The summed E-state index contributed by atoms with van der Waals surface area (Å²) in [5.74, 6) is -1.59. The predicted molar refractivity (Wildman–Crippen MR) is 61.8 cm³/mol. The van der Waals surface area contributed by atoms with E-state index in [0.717, 1.165) is 12.8 Å². The van der Waals surface area contributed by atoms with E-state index in [1.807, 2.05) is 6.92 Å². The molecule has 0 spiro atoms. The largest absolute Gasteiger partial charge is 0.479 e. The fraction of sp³-hybridized carbons (Fsp3) is 0.818. The van der Waals surface area contributed by atoms with Crippen LogP contribution in [0.1, 0.15) is 26.7 Å². The second kappa shape index (κ2) is 8.03. The molecule has 1 unspecified atom stereocenters. The molecule has 1 amide bonds. The smallest absolute Gasteiger partial charge is 0.331 e. The number of aliphatic carboxylic acids is 1. The number of unbranched alkanes of at least 4 members (excludes halogenated alkanes) is 1.